The number of pyridine rings is 1. The average Bonchev–Trinajstić information content (AvgIpc) is 2.68. The van der Waals surface area contributed by atoms with Crippen LogP contribution >= 0.6 is 0 Å². The van der Waals surface area contributed by atoms with Crippen LogP contribution in [0, 0.1) is 0 Å². The van der Waals surface area contributed by atoms with Crippen molar-refractivity contribution < 1.29 is 9.59 Å². The molecule has 0 radical (unpaired) electrons. The number of primary amides is 1. The topological polar surface area (TPSA) is 102 Å². The van der Waals surface area contributed by atoms with Crippen molar-refractivity contribution in [3.8, 4) is 0 Å². The van der Waals surface area contributed by atoms with Gasteiger partial charge >= 0.3 is 0 Å². The smallest absolute Gasteiger partial charge is 0.248 e. The molecule has 27 heavy (non-hydrogen) atoms. The fraction of sp³-hybridized carbons (Fsp3) is 0.0952. The molecule has 0 bridgehead atoms. The van der Waals surface area contributed by atoms with Crippen molar-refractivity contribution in [3.05, 3.63) is 89.7 Å². The van der Waals surface area contributed by atoms with Crippen LogP contribution in [-0.2, 0) is 17.8 Å². The molecule has 6 nitrogen and oxygen atoms in total. The summed E-state index contributed by atoms with van der Waals surface area (Å²) < 4.78 is 0. The molecule has 0 spiro atoms. The summed E-state index contributed by atoms with van der Waals surface area (Å²) in [4.78, 5) is 30.0. The number of carbonyl (C=O) groups excluding carboxylic acids is 2. The Bertz CT molecular complexity index is 940. The second-order valence-electron chi connectivity index (χ2n) is 6.14. The number of rotatable bonds is 6. The van der Waals surface area contributed by atoms with Crippen LogP contribution in [0.2, 0.25) is 0 Å². The molecule has 3 aromatic rings. The zero-order chi connectivity index (χ0) is 19.2. The third kappa shape index (κ3) is 4.49. The normalized spacial score (nSPS) is 10.4. The molecule has 0 saturated heterocycles. The quantitative estimate of drug-likeness (QED) is 0.659. The van der Waals surface area contributed by atoms with Crippen LogP contribution in [0.1, 0.15) is 21.5 Å². The largest absolute Gasteiger partial charge is 0.397 e. The molecule has 2 aromatic carbocycles. The van der Waals surface area contributed by atoms with Crippen LogP contribution in [0.3, 0.4) is 0 Å². The van der Waals surface area contributed by atoms with Crippen LogP contribution in [0.4, 0.5) is 11.4 Å². The fourth-order valence-electron chi connectivity index (χ4n) is 2.77. The van der Waals surface area contributed by atoms with Gasteiger partial charge in [-0.05, 0) is 41.5 Å². The predicted octanol–water partition coefficient (Wildman–Crippen LogP) is 2.54. The first-order valence-corrected chi connectivity index (χ1v) is 8.47. The van der Waals surface area contributed by atoms with E-state index < -0.39 is 5.91 Å². The van der Waals surface area contributed by atoms with Gasteiger partial charge in [0, 0.05) is 18.0 Å². The Morgan fingerprint density at radius 3 is 2.30 bits per heavy atom. The van der Waals surface area contributed by atoms with Crippen LogP contribution in [0.15, 0.2) is 73.1 Å². The molecule has 6 heteroatoms. The van der Waals surface area contributed by atoms with E-state index in [-0.39, 0.29) is 12.3 Å². The summed E-state index contributed by atoms with van der Waals surface area (Å²) >= 11 is 0. The molecule has 2 amide bonds. The molecule has 0 aliphatic rings. The number of carbonyl (C=O) groups is 2. The number of nitrogens with zero attached hydrogens (tertiary/aromatic N) is 2. The van der Waals surface area contributed by atoms with Gasteiger partial charge in [-0.15, -0.1) is 0 Å². The predicted molar refractivity (Wildman–Crippen MR) is 105 cm³/mol. The molecular weight excluding hydrogens is 340 g/mol. The van der Waals surface area contributed by atoms with Gasteiger partial charge in [-0.3, -0.25) is 14.6 Å². The lowest BCUT2D eigenvalue weighted by atomic mass is 10.1. The van der Waals surface area contributed by atoms with Gasteiger partial charge in [0.25, 0.3) is 0 Å². The Labute approximate surface area is 157 Å². The van der Waals surface area contributed by atoms with Gasteiger partial charge in [-0.25, -0.2) is 0 Å². The van der Waals surface area contributed by atoms with E-state index in [1.807, 2.05) is 24.3 Å². The highest BCUT2D eigenvalue weighted by Crippen LogP contribution is 2.25. The van der Waals surface area contributed by atoms with Gasteiger partial charge in [0.1, 0.15) is 0 Å². The summed E-state index contributed by atoms with van der Waals surface area (Å²) in [5, 5.41) is 0. The maximum atomic E-state index is 13.0. The molecule has 0 unspecified atom stereocenters. The second-order valence-corrected chi connectivity index (χ2v) is 6.14. The van der Waals surface area contributed by atoms with Gasteiger partial charge < -0.3 is 16.4 Å². The number of hydrogen-bond donors (Lipinski definition) is 2. The molecule has 1 aromatic heterocycles. The lowest BCUT2D eigenvalue weighted by Crippen LogP contribution is -2.32. The van der Waals surface area contributed by atoms with E-state index in [1.165, 1.54) is 0 Å². The molecule has 0 atom stereocenters. The second kappa shape index (κ2) is 8.14. The first-order chi connectivity index (χ1) is 13.0. The zero-order valence-electron chi connectivity index (χ0n) is 14.7. The first kappa shape index (κ1) is 18.1. The first-order valence-electron chi connectivity index (χ1n) is 8.47. The van der Waals surface area contributed by atoms with E-state index in [9.17, 15) is 9.59 Å². The fourth-order valence-corrected chi connectivity index (χ4v) is 2.77. The van der Waals surface area contributed by atoms with Crippen molar-refractivity contribution in [1.29, 1.82) is 0 Å². The summed E-state index contributed by atoms with van der Waals surface area (Å²) in [6, 6.07) is 17.8. The monoisotopic (exact) mass is 360 g/mol. The van der Waals surface area contributed by atoms with Crippen LogP contribution in [-0.4, -0.2) is 16.8 Å². The zero-order valence-corrected chi connectivity index (χ0v) is 14.7. The van der Waals surface area contributed by atoms with Crippen molar-refractivity contribution in [1.82, 2.24) is 4.98 Å². The van der Waals surface area contributed by atoms with Crippen LogP contribution in [0.25, 0.3) is 0 Å². The van der Waals surface area contributed by atoms with Crippen LogP contribution in [0.5, 0.6) is 0 Å². The summed E-state index contributed by atoms with van der Waals surface area (Å²) in [6.45, 7) is 0.326. The van der Waals surface area contributed by atoms with Gasteiger partial charge in [0.2, 0.25) is 11.8 Å². The molecule has 0 aliphatic carbocycles. The number of para-hydroxylation sites is 2. The third-order valence-electron chi connectivity index (χ3n) is 4.19. The third-order valence-corrected chi connectivity index (χ3v) is 4.19. The SMILES string of the molecule is NC(=O)c1ccc(CN(C(=O)Cc2cccnc2)c2ccccc2N)cc1. The highest BCUT2D eigenvalue weighted by molar-refractivity contribution is 5.97. The Morgan fingerprint density at radius 2 is 1.67 bits per heavy atom. The molecule has 0 saturated carbocycles. The molecule has 4 N–H and O–H groups in total. The molecule has 1 heterocycles. The van der Waals surface area contributed by atoms with E-state index >= 15 is 0 Å². The number of aromatic nitrogens is 1. The standard InChI is InChI=1S/C21H20N4O2/c22-18-5-1-2-6-19(18)25(20(26)12-16-4-3-11-24-13-16)14-15-7-9-17(10-8-15)21(23)27/h1-11,13H,12,14,22H2,(H2,23,27). The number of anilines is 2. The summed E-state index contributed by atoms with van der Waals surface area (Å²) in [6.07, 6.45) is 3.55. The minimum Gasteiger partial charge on any atom is -0.397 e. The maximum absolute atomic E-state index is 13.0. The number of benzene rings is 2. The summed E-state index contributed by atoms with van der Waals surface area (Å²) in [5.41, 5.74) is 14.7. The molecule has 136 valence electrons. The highest BCUT2D eigenvalue weighted by Gasteiger charge is 2.19. The van der Waals surface area contributed by atoms with E-state index in [4.69, 9.17) is 11.5 Å². The molecule has 0 aliphatic heterocycles. The Balaban J connectivity index is 1.89. The van der Waals surface area contributed by atoms with Crippen molar-refractivity contribution in [2.45, 2.75) is 13.0 Å². The van der Waals surface area contributed by atoms with E-state index in [1.54, 1.807) is 53.7 Å². The number of hydrogen-bond acceptors (Lipinski definition) is 4. The maximum Gasteiger partial charge on any atom is 0.248 e. The number of nitrogen functional groups attached to an aromatic ring is 1. The Morgan fingerprint density at radius 1 is 0.926 bits per heavy atom. The van der Waals surface area contributed by atoms with Crippen molar-refractivity contribution in [2.75, 3.05) is 10.6 Å². The van der Waals surface area contributed by atoms with Crippen molar-refractivity contribution in [3.63, 3.8) is 0 Å². The van der Waals surface area contributed by atoms with E-state index in [0.717, 1.165) is 11.1 Å². The summed E-state index contributed by atoms with van der Waals surface area (Å²) in [7, 11) is 0. The lowest BCUT2D eigenvalue weighted by Gasteiger charge is -2.24. The summed E-state index contributed by atoms with van der Waals surface area (Å²) in [5.74, 6) is -0.585. The Kier molecular flexibility index (Phi) is 5.47. The number of nitrogens with two attached hydrogens (primary N) is 2. The molecular formula is C21H20N4O2. The lowest BCUT2D eigenvalue weighted by molar-refractivity contribution is -0.118. The van der Waals surface area contributed by atoms with Gasteiger partial charge in [-0.2, -0.15) is 0 Å². The average molecular weight is 360 g/mol. The van der Waals surface area contributed by atoms with Crippen molar-refractivity contribution in [2.24, 2.45) is 5.73 Å². The van der Waals surface area contributed by atoms with E-state index in [0.29, 0.717) is 23.5 Å². The molecule has 0 fully saturated rings. The van der Waals surface area contributed by atoms with Gasteiger partial charge in [-0.1, -0.05) is 30.3 Å². The highest BCUT2D eigenvalue weighted by atomic mass is 16.2. The Hall–Kier alpha value is -3.67. The number of amides is 2. The minimum absolute atomic E-state index is 0.0973. The van der Waals surface area contributed by atoms with Crippen molar-refractivity contribution >= 4 is 23.2 Å². The van der Waals surface area contributed by atoms with Gasteiger partial charge in [0.15, 0.2) is 0 Å². The molecule has 3 rings (SSSR count). The van der Waals surface area contributed by atoms with E-state index in [2.05, 4.69) is 4.98 Å². The van der Waals surface area contributed by atoms with Gasteiger partial charge in [0.05, 0.1) is 24.3 Å². The minimum atomic E-state index is -0.488. The van der Waals surface area contributed by atoms with Crippen LogP contribution < -0.4 is 16.4 Å².